The summed E-state index contributed by atoms with van der Waals surface area (Å²) in [4.78, 5) is 0. The first-order valence-electron chi connectivity index (χ1n) is 6.10. The quantitative estimate of drug-likeness (QED) is 0.518. The monoisotopic (exact) mass is 204 g/mol. The highest BCUT2D eigenvalue weighted by Crippen LogP contribution is 2.56. The van der Waals surface area contributed by atoms with Gasteiger partial charge in [0.05, 0.1) is 0 Å². The molecule has 0 N–H and O–H groups in total. The highest BCUT2D eigenvalue weighted by atomic mass is 14.5. The Hall–Kier alpha value is -0.780. The van der Waals surface area contributed by atoms with Crippen molar-refractivity contribution >= 4 is 0 Å². The highest BCUT2D eigenvalue weighted by Gasteiger charge is 2.43. The molecule has 0 bridgehead atoms. The van der Waals surface area contributed by atoms with Gasteiger partial charge in [0.25, 0.3) is 0 Å². The average Bonchev–Trinajstić information content (AvgIpc) is 2.94. The summed E-state index contributed by atoms with van der Waals surface area (Å²) in [5.41, 5.74) is 1.88. The van der Waals surface area contributed by atoms with Crippen LogP contribution in [0.1, 0.15) is 46.0 Å². The lowest BCUT2D eigenvalue weighted by Gasteiger charge is -2.17. The van der Waals surface area contributed by atoms with E-state index in [1.54, 1.807) is 0 Å². The molecule has 0 heterocycles. The van der Waals surface area contributed by atoms with Crippen molar-refractivity contribution in [3.8, 4) is 0 Å². The predicted octanol–water partition coefficient (Wildman–Crippen LogP) is 4.89. The Kier molecular flexibility index (Phi) is 4.38. The third-order valence-electron chi connectivity index (χ3n) is 3.42. The summed E-state index contributed by atoms with van der Waals surface area (Å²) in [5.74, 6) is 0.830. The molecule has 0 aliphatic heterocycles. The highest BCUT2D eigenvalue weighted by molar-refractivity contribution is 5.33. The molecule has 1 aliphatic rings. The second-order valence-electron chi connectivity index (χ2n) is 5.13. The van der Waals surface area contributed by atoms with Gasteiger partial charge < -0.3 is 0 Å². The molecule has 0 atom stereocenters. The molecule has 0 spiro atoms. The van der Waals surface area contributed by atoms with Gasteiger partial charge in [-0.05, 0) is 36.2 Å². The van der Waals surface area contributed by atoms with Gasteiger partial charge >= 0.3 is 0 Å². The molecule has 0 saturated heterocycles. The maximum absolute atomic E-state index is 3.91. The Bertz CT molecular complexity index is 251. The molecule has 15 heavy (non-hydrogen) atoms. The Morgan fingerprint density at radius 2 is 2.00 bits per heavy atom. The Labute approximate surface area is 94.8 Å². The fourth-order valence-corrected chi connectivity index (χ4v) is 2.27. The molecular weight excluding hydrogens is 180 g/mol. The van der Waals surface area contributed by atoms with Gasteiger partial charge in [-0.25, -0.2) is 0 Å². The topological polar surface area (TPSA) is 0 Å². The maximum atomic E-state index is 3.91. The molecule has 1 fully saturated rings. The van der Waals surface area contributed by atoms with E-state index in [1.807, 2.05) is 12.2 Å². The zero-order valence-corrected chi connectivity index (χ0v) is 10.3. The van der Waals surface area contributed by atoms with Crippen molar-refractivity contribution in [1.29, 1.82) is 0 Å². The van der Waals surface area contributed by atoms with E-state index in [0.717, 1.165) is 5.92 Å². The molecule has 1 rings (SSSR count). The van der Waals surface area contributed by atoms with E-state index in [4.69, 9.17) is 0 Å². The van der Waals surface area contributed by atoms with Crippen LogP contribution in [0.2, 0.25) is 0 Å². The molecular formula is C15H24. The molecule has 0 radical (unpaired) electrons. The van der Waals surface area contributed by atoms with Gasteiger partial charge in [-0.1, -0.05) is 58.1 Å². The van der Waals surface area contributed by atoms with Gasteiger partial charge in [0.1, 0.15) is 0 Å². The summed E-state index contributed by atoms with van der Waals surface area (Å²) in [6.45, 7) is 12.3. The van der Waals surface area contributed by atoms with E-state index in [1.165, 1.54) is 37.7 Å². The predicted molar refractivity (Wildman–Crippen MR) is 68.8 cm³/mol. The van der Waals surface area contributed by atoms with Crippen molar-refractivity contribution in [3.63, 3.8) is 0 Å². The van der Waals surface area contributed by atoms with Gasteiger partial charge in [0, 0.05) is 0 Å². The minimum absolute atomic E-state index is 0.477. The van der Waals surface area contributed by atoms with Gasteiger partial charge in [-0.3, -0.25) is 0 Å². The van der Waals surface area contributed by atoms with Crippen LogP contribution in [0.5, 0.6) is 0 Å². The lowest BCUT2D eigenvalue weighted by atomic mass is 9.88. The molecule has 84 valence electrons. The molecule has 0 aromatic carbocycles. The largest absolute Gasteiger partial charge is 0.0991 e. The number of rotatable bonds is 7. The van der Waals surface area contributed by atoms with Crippen LogP contribution in [0, 0.1) is 11.3 Å². The van der Waals surface area contributed by atoms with Crippen molar-refractivity contribution in [2.45, 2.75) is 46.0 Å². The van der Waals surface area contributed by atoms with Crippen LogP contribution in [0.25, 0.3) is 0 Å². The molecule has 0 aromatic heterocycles. The Morgan fingerprint density at radius 3 is 2.40 bits per heavy atom. The zero-order chi connectivity index (χ0) is 11.3. The fraction of sp³-hybridized carbons (Fsp3) is 0.600. The van der Waals surface area contributed by atoms with Gasteiger partial charge in [0.15, 0.2) is 0 Å². The summed E-state index contributed by atoms with van der Waals surface area (Å²) in [6.07, 6.45) is 12.8. The van der Waals surface area contributed by atoms with E-state index in [0.29, 0.717) is 5.41 Å². The first-order valence-corrected chi connectivity index (χ1v) is 6.10. The smallest absolute Gasteiger partial charge is 0.00465 e. The first-order chi connectivity index (χ1) is 7.14. The van der Waals surface area contributed by atoms with E-state index < -0.39 is 0 Å². The normalized spacial score (nSPS) is 19.0. The van der Waals surface area contributed by atoms with Crippen LogP contribution >= 0.6 is 0 Å². The number of allylic oxidation sites excluding steroid dienone is 4. The SMILES string of the molecule is C=C/C=C(\C=C)C1(CCCC(C)C)CC1. The summed E-state index contributed by atoms with van der Waals surface area (Å²) in [5, 5.41) is 0. The Morgan fingerprint density at radius 1 is 1.33 bits per heavy atom. The van der Waals surface area contributed by atoms with E-state index >= 15 is 0 Å². The van der Waals surface area contributed by atoms with Crippen LogP contribution in [-0.4, -0.2) is 0 Å². The third-order valence-corrected chi connectivity index (χ3v) is 3.42. The first kappa shape index (κ1) is 12.3. The van der Waals surface area contributed by atoms with E-state index in [2.05, 4.69) is 33.1 Å². The summed E-state index contributed by atoms with van der Waals surface area (Å²) < 4.78 is 0. The van der Waals surface area contributed by atoms with Crippen molar-refractivity contribution in [2.24, 2.45) is 11.3 Å². The summed E-state index contributed by atoms with van der Waals surface area (Å²) >= 11 is 0. The molecule has 1 saturated carbocycles. The minimum Gasteiger partial charge on any atom is -0.0991 e. The van der Waals surface area contributed by atoms with Crippen LogP contribution in [-0.2, 0) is 0 Å². The fourth-order valence-electron chi connectivity index (χ4n) is 2.27. The van der Waals surface area contributed by atoms with Crippen molar-refractivity contribution < 1.29 is 0 Å². The maximum Gasteiger partial charge on any atom is -0.00465 e. The summed E-state index contributed by atoms with van der Waals surface area (Å²) in [7, 11) is 0. The van der Waals surface area contributed by atoms with E-state index in [-0.39, 0.29) is 0 Å². The van der Waals surface area contributed by atoms with Gasteiger partial charge in [-0.2, -0.15) is 0 Å². The van der Waals surface area contributed by atoms with Gasteiger partial charge in [0.2, 0.25) is 0 Å². The second-order valence-corrected chi connectivity index (χ2v) is 5.13. The van der Waals surface area contributed by atoms with Crippen LogP contribution in [0.3, 0.4) is 0 Å². The molecule has 0 unspecified atom stereocenters. The van der Waals surface area contributed by atoms with Crippen molar-refractivity contribution in [2.75, 3.05) is 0 Å². The number of hydrogen-bond acceptors (Lipinski definition) is 0. The molecule has 0 heteroatoms. The lowest BCUT2D eigenvalue weighted by Crippen LogP contribution is -2.03. The molecule has 0 nitrogen and oxygen atoms in total. The van der Waals surface area contributed by atoms with Crippen molar-refractivity contribution in [3.05, 3.63) is 37.0 Å². The molecule has 0 amide bonds. The second kappa shape index (κ2) is 5.34. The van der Waals surface area contributed by atoms with Crippen LogP contribution < -0.4 is 0 Å². The lowest BCUT2D eigenvalue weighted by molar-refractivity contribution is 0.466. The molecule has 0 aromatic rings. The van der Waals surface area contributed by atoms with Crippen molar-refractivity contribution in [1.82, 2.24) is 0 Å². The Balaban J connectivity index is 2.48. The number of hydrogen-bond donors (Lipinski definition) is 0. The van der Waals surface area contributed by atoms with Crippen LogP contribution in [0.4, 0.5) is 0 Å². The van der Waals surface area contributed by atoms with Gasteiger partial charge in [-0.15, -0.1) is 0 Å². The van der Waals surface area contributed by atoms with Crippen LogP contribution in [0.15, 0.2) is 37.0 Å². The third kappa shape index (κ3) is 3.37. The average molecular weight is 204 g/mol. The van der Waals surface area contributed by atoms with E-state index in [9.17, 15) is 0 Å². The zero-order valence-electron chi connectivity index (χ0n) is 10.3. The standard InChI is InChI=1S/C15H24/c1-5-8-14(6-2)15(11-12-15)10-7-9-13(3)4/h5-6,8,13H,1-2,7,9-12H2,3-4H3/b14-8+. The molecule has 1 aliphatic carbocycles. The summed E-state index contributed by atoms with van der Waals surface area (Å²) in [6, 6.07) is 0. The minimum atomic E-state index is 0.477.